The van der Waals surface area contributed by atoms with Crippen molar-refractivity contribution in [2.45, 2.75) is 50.4 Å². The highest BCUT2D eigenvalue weighted by Crippen LogP contribution is 2.46. The van der Waals surface area contributed by atoms with Crippen LogP contribution in [0.5, 0.6) is 0 Å². The van der Waals surface area contributed by atoms with Gasteiger partial charge in [0.25, 0.3) is 0 Å². The quantitative estimate of drug-likeness (QED) is 0.630. The average molecular weight is 165 g/mol. The first-order valence-corrected chi connectivity index (χ1v) is 4.98. The number of rotatable bonds is 1. The van der Waals surface area contributed by atoms with Crippen molar-refractivity contribution in [3.63, 3.8) is 0 Å². The molecule has 1 saturated carbocycles. The maximum absolute atomic E-state index is 4.19. The monoisotopic (exact) mass is 165 g/mol. The van der Waals surface area contributed by atoms with Crippen molar-refractivity contribution in [3.8, 4) is 0 Å². The zero-order valence-electron chi connectivity index (χ0n) is 7.45. The van der Waals surface area contributed by atoms with Crippen molar-refractivity contribution in [1.82, 2.24) is 5.32 Å². The smallest absolute Gasteiger partial charge is 0.193 e. The van der Waals surface area contributed by atoms with E-state index in [0.717, 1.165) is 12.3 Å². The van der Waals surface area contributed by atoms with Gasteiger partial charge in [0.15, 0.2) is 5.66 Å². The molecule has 1 spiro atoms. The zero-order chi connectivity index (χ0) is 8.18. The molecule has 3 nitrogen and oxygen atoms in total. The van der Waals surface area contributed by atoms with Crippen LogP contribution in [-0.4, -0.2) is 17.7 Å². The standard InChI is InChI=1S/C9H15N3/c1-6-4-9(11-12-9)5-8(10-6)7-2-3-7/h6-8,10H,2-5H2,1H3. The molecule has 2 aliphatic heterocycles. The van der Waals surface area contributed by atoms with Crippen LogP contribution in [0.1, 0.15) is 32.6 Å². The summed E-state index contributed by atoms with van der Waals surface area (Å²) in [6.07, 6.45) is 5.12. The highest BCUT2D eigenvalue weighted by Gasteiger charge is 2.49. The van der Waals surface area contributed by atoms with Crippen LogP contribution in [0.2, 0.25) is 0 Å². The van der Waals surface area contributed by atoms with E-state index in [4.69, 9.17) is 0 Å². The number of nitrogens with zero attached hydrogens (tertiary/aromatic N) is 2. The molecule has 0 aromatic rings. The largest absolute Gasteiger partial charge is 0.311 e. The Morgan fingerprint density at radius 3 is 2.58 bits per heavy atom. The highest BCUT2D eigenvalue weighted by atomic mass is 15.4. The molecule has 12 heavy (non-hydrogen) atoms. The zero-order valence-corrected chi connectivity index (χ0v) is 7.45. The van der Waals surface area contributed by atoms with E-state index in [2.05, 4.69) is 22.5 Å². The second kappa shape index (κ2) is 2.08. The summed E-state index contributed by atoms with van der Waals surface area (Å²) in [5, 5.41) is 12.0. The molecule has 3 aliphatic rings. The highest BCUT2D eigenvalue weighted by molar-refractivity contribution is 5.06. The van der Waals surface area contributed by atoms with E-state index in [1.807, 2.05) is 0 Å². The normalized spacial score (nSPS) is 43.4. The lowest BCUT2D eigenvalue weighted by Crippen LogP contribution is -2.48. The topological polar surface area (TPSA) is 36.8 Å². The average Bonchev–Trinajstić information content (AvgIpc) is 2.81. The van der Waals surface area contributed by atoms with E-state index >= 15 is 0 Å². The maximum atomic E-state index is 4.19. The molecule has 0 aromatic heterocycles. The summed E-state index contributed by atoms with van der Waals surface area (Å²) >= 11 is 0. The van der Waals surface area contributed by atoms with E-state index in [0.29, 0.717) is 12.1 Å². The fourth-order valence-corrected chi connectivity index (χ4v) is 2.44. The first-order valence-electron chi connectivity index (χ1n) is 4.98. The number of piperidine rings is 1. The lowest BCUT2D eigenvalue weighted by molar-refractivity contribution is 0.255. The van der Waals surface area contributed by atoms with Crippen LogP contribution in [-0.2, 0) is 0 Å². The SMILES string of the molecule is CC1CC2(CC(C3CC3)N1)N=N2. The van der Waals surface area contributed by atoms with Crippen LogP contribution in [0.3, 0.4) is 0 Å². The molecule has 1 saturated heterocycles. The Morgan fingerprint density at radius 1 is 1.25 bits per heavy atom. The van der Waals surface area contributed by atoms with Crippen molar-refractivity contribution >= 4 is 0 Å². The minimum atomic E-state index is 0.0813. The first kappa shape index (κ1) is 7.01. The van der Waals surface area contributed by atoms with Gasteiger partial charge < -0.3 is 5.32 Å². The number of hydrogen-bond donors (Lipinski definition) is 1. The molecule has 2 fully saturated rings. The number of nitrogens with one attached hydrogen (secondary N) is 1. The third-order valence-electron chi connectivity index (χ3n) is 3.25. The van der Waals surface area contributed by atoms with Gasteiger partial charge in [0.2, 0.25) is 0 Å². The molecular formula is C9H15N3. The van der Waals surface area contributed by atoms with E-state index < -0.39 is 0 Å². The Morgan fingerprint density at radius 2 is 2.00 bits per heavy atom. The Kier molecular flexibility index (Phi) is 1.21. The van der Waals surface area contributed by atoms with Gasteiger partial charge in [-0.15, -0.1) is 0 Å². The molecule has 1 N–H and O–H groups in total. The second-order valence-corrected chi connectivity index (χ2v) is 4.60. The van der Waals surface area contributed by atoms with Crippen molar-refractivity contribution in [2.24, 2.45) is 16.1 Å². The van der Waals surface area contributed by atoms with Gasteiger partial charge in [-0.05, 0) is 25.7 Å². The van der Waals surface area contributed by atoms with Gasteiger partial charge in [-0.2, -0.15) is 10.2 Å². The van der Waals surface area contributed by atoms with Crippen molar-refractivity contribution < 1.29 is 0 Å². The summed E-state index contributed by atoms with van der Waals surface area (Å²) in [4.78, 5) is 0. The Labute approximate surface area is 72.6 Å². The number of hydrogen-bond acceptors (Lipinski definition) is 3. The van der Waals surface area contributed by atoms with Gasteiger partial charge in [0.1, 0.15) is 0 Å². The summed E-state index contributed by atoms with van der Waals surface area (Å²) in [5.41, 5.74) is 0.0813. The van der Waals surface area contributed by atoms with Gasteiger partial charge in [0, 0.05) is 24.9 Å². The maximum Gasteiger partial charge on any atom is 0.193 e. The molecule has 0 bridgehead atoms. The lowest BCUT2D eigenvalue weighted by atomic mass is 9.89. The summed E-state index contributed by atoms with van der Waals surface area (Å²) in [6, 6.07) is 1.32. The van der Waals surface area contributed by atoms with E-state index in [1.54, 1.807) is 0 Å². The third kappa shape index (κ3) is 1.07. The first-order chi connectivity index (χ1) is 5.77. The van der Waals surface area contributed by atoms with Crippen molar-refractivity contribution in [2.75, 3.05) is 0 Å². The second-order valence-electron chi connectivity index (χ2n) is 4.60. The molecule has 0 aromatic carbocycles. The molecule has 2 heterocycles. The van der Waals surface area contributed by atoms with Crippen LogP contribution in [0.15, 0.2) is 10.2 Å². The van der Waals surface area contributed by atoms with Gasteiger partial charge in [-0.3, -0.25) is 0 Å². The van der Waals surface area contributed by atoms with Gasteiger partial charge in [0.05, 0.1) is 0 Å². The van der Waals surface area contributed by atoms with Crippen LogP contribution >= 0.6 is 0 Å². The van der Waals surface area contributed by atoms with Crippen LogP contribution in [0.25, 0.3) is 0 Å². The fraction of sp³-hybridized carbons (Fsp3) is 1.00. The molecule has 0 radical (unpaired) electrons. The molecule has 0 amide bonds. The summed E-state index contributed by atoms with van der Waals surface area (Å²) < 4.78 is 0. The van der Waals surface area contributed by atoms with Crippen molar-refractivity contribution in [1.29, 1.82) is 0 Å². The molecule has 3 heteroatoms. The van der Waals surface area contributed by atoms with Crippen LogP contribution in [0, 0.1) is 5.92 Å². The van der Waals surface area contributed by atoms with E-state index in [9.17, 15) is 0 Å². The van der Waals surface area contributed by atoms with E-state index in [-0.39, 0.29) is 5.66 Å². The van der Waals surface area contributed by atoms with Gasteiger partial charge in [-0.25, -0.2) is 0 Å². The molecular weight excluding hydrogens is 150 g/mol. The van der Waals surface area contributed by atoms with Crippen molar-refractivity contribution in [3.05, 3.63) is 0 Å². The van der Waals surface area contributed by atoms with Gasteiger partial charge >= 0.3 is 0 Å². The predicted molar refractivity (Wildman–Crippen MR) is 45.9 cm³/mol. The minimum Gasteiger partial charge on any atom is -0.311 e. The van der Waals surface area contributed by atoms with Crippen LogP contribution in [0.4, 0.5) is 0 Å². The van der Waals surface area contributed by atoms with E-state index in [1.165, 1.54) is 19.3 Å². The minimum absolute atomic E-state index is 0.0813. The lowest BCUT2D eigenvalue weighted by Gasteiger charge is -2.32. The molecule has 66 valence electrons. The van der Waals surface area contributed by atoms with Gasteiger partial charge in [-0.1, -0.05) is 0 Å². The molecule has 2 unspecified atom stereocenters. The fourth-order valence-electron chi connectivity index (χ4n) is 2.44. The molecule has 1 aliphatic carbocycles. The van der Waals surface area contributed by atoms with Crippen LogP contribution < -0.4 is 5.32 Å². The molecule has 2 atom stereocenters. The summed E-state index contributed by atoms with van der Waals surface area (Å²) in [6.45, 7) is 2.25. The summed E-state index contributed by atoms with van der Waals surface area (Å²) in [7, 11) is 0. The molecule has 3 rings (SSSR count). The Balaban J connectivity index is 1.71. The summed E-state index contributed by atoms with van der Waals surface area (Å²) in [5.74, 6) is 0.940. The predicted octanol–water partition coefficient (Wildman–Crippen LogP) is 1.70. The Hall–Kier alpha value is -0.440. The third-order valence-corrected chi connectivity index (χ3v) is 3.25. The Bertz CT molecular complexity index is 226.